The molecule has 1 aliphatic heterocycles. The fraction of sp³-hybridized carbons (Fsp3) is 0.265. The molecule has 1 fully saturated rings. The summed E-state index contributed by atoms with van der Waals surface area (Å²) in [5, 5.41) is 11.8. The molecule has 0 aliphatic carbocycles. The Labute approximate surface area is 257 Å². The highest BCUT2D eigenvalue weighted by Crippen LogP contribution is 2.35. The van der Waals surface area contributed by atoms with E-state index in [1.165, 1.54) is 12.8 Å². The lowest BCUT2D eigenvalue weighted by atomic mass is 10.0. The van der Waals surface area contributed by atoms with Gasteiger partial charge in [-0.2, -0.15) is 0 Å². The number of nitrogens with one attached hydrogen (secondary N) is 1. The summed E-state index contributed by atoms with van der Waals surface area (Å²) in [5.41, 5.74) is 4.74. The highest BCUT2D eigenvalue weighted by molar-refractivity contribution is 7.91. The van der Waals surface area contributed by atoms with Crippen LogP contribution in [0.2, 0.25) is 0 Å². The molecule has 5 aromatic rings. The molecule has 0 bridgehead atoms. The molecule has 0 saturated carbocycles. The van der Waals surface area contributed by atoms with Crippen LogP contribution in [-0.2, 0) is 16.4 Å². The molecular weight excluding hydrogens is 574 g/mol. The third-order valence-electron chi connectivity index (χ3n) is 7.72. The van der Waals surface area contributed by atoms with E-state index in [9.17, 15) is 8.42 Å². The van der Waals surface area contributed by atoms with Gasteiger partial charge >= 0.3 is 0 Å². The van der Waals surface area contributed by atoms with Gasteiger partial charge in [-0.25, -0.2) is 13.4 Å². The maximum Gasteiger partial charge on any atom is 0.247 e. The zero-order chi connectivity index (χ0) is 30.4. The van der Waals surface area contributed by atoms with Gasteiger partial charge in [0.05, 0.1) is 23.3 Å². The van der Waals surface area contributed by atoms with Crippen molar-refractivity contribution in [3.05, 3.63) is 96.6 Å². The normalized spacial score (nSPS) is 13.7. The van der Waals surface area contributed by atoms with Crippen LogP contribution in [-0.4, -0.2) is 61.0 Å². The van der Waals surface area contributed by atoms with Crippen LogP contribution in [0.3, 0.4) is 0 Å². The van der Waals surface area contributed by atoms with Gasteiger partial charge in [-0.3, -0.25) is 0 Å². The zero-order valence-corrected chi connectivity index (χ0v) is 25.5. The maximum absolute atomic E-state index is 12.8. The number of fused-ring (bicyclic) bond motifs is 1. The molecular formula is C34H35N5O4S. The molecule has 0 spiro atoms. The van der Waals surface area contributed by atoms with Gasteiger partial charge in [0.15, 0.2) is 9.84 Å². The Morgan fingerprint density at radius 2 is 1.66 bits per heavy atom. The van der Waals surface area contributed by atoms with Crippen LogP contribution in [0.1, 0.15) is 24.8 Å². The van der Waals surface area contributed by atoms with E-state index in [-0.39, 0.29) is 5.75 Å². The monoisotopic (exact) mass is 609 g/mol. The molecule has 1 saturated heterocycles. The van der Waals surface area contributed by atoms with Crippen LogP contribution >= 0.6 is 0 Å². The topological polar surface area (TPSA) is 107 Å². The number of hydrogen-bond donors (Lipinski definition) is 1. The van der Waals surface area contributed by atoms with Gasteiger partial charge in [-0.1, -0.05) is 42.5 Å². The van der Waals surface area contributed by atoms with Gasteiger partial charge in [-0.05, 0) is 92.5 Å². The van der Waals surface area contributed by atoms with Crippen LogP contribution in [0.4, 0.5) is 11.6 Å². The lowest BCUT2D eigenvalue weighted by Gasteiger charge is -2.14. The highest BCUT2D eigenvalue weighted by Gasteiger charge is 2.17. The molecule has 226 valence electrons. The summed E-state index contributed by atoms with van der Waals surface area (Å²) in [6.07, 6.45) is 3.04. The molecule has 9 nitrogen and oxygen atoms in total. The average molecular weight is 610 g/mol. The van der Waals surface area contributed by atoms with Crippen molar-refractivity contribution in [2.45, 2.75) is 30.8 Å². The number of benzene rings is 4. The number of rotatable bonds is 12. The number of sulfone groups is 1. The van der Waals surface area contributed by atoms with Crippen LogP contribution < -0.4 is 14.8 Å². The van der Waals surface area contributed by atoms with Crippen molar-refractivity contribution in [3.8, 4) is 22.6 Å². The van der Waals surface area contributed by atoms with Gasteiger partial charge in [0.2, 0.25) is 5.95 Å². The largest absolute Gasteiger partial charge is 0.496 e. The molecule has 1 N–H and O–H groups in total. The molecule has 10 heteroatoms. The molecule has 4 aromatic carbocycles. The summed E-state index contributed by atoms with van der Waals surface area (Å²) in [6.45, 7) is 3.44. The van der Waals surface area contributed by atoms with Gasteiger partial charge in [-0.15, -0.1) is 10.2 Å². The minimum absolute atomic E-state index is 0.142. The molecule has 0 amide bonds. The summed E-state index contributed by atoms with van der Waals surface area (Å²) in [5.74, 6) is 1.83. The smallest absolute Gasteiger partial charge is 0.247 e. The minimum Gasteiger partial charge on any atom is -0.496 e. The lowest BCUT2D eigenvalue weighted by Crippen LogP contribution is -2.22. The third-order valence-corrected chi connectivity index (χ3v) is 9.54. The summed E-state index contributed by atoms with van der Waals surface area (Å²) in [4.78, 5) is 7.28. The summed E-state index contributed by atoms with van der Waals surface area (Å²) in [7, 11) is -1.72. The van der Waals surface area contributed by atoms with E-state index in [0.717, 1.165) is 42.1 Å². The number of aromatic nitrogens is 3. The maximum atomic E-state index is 12.8. The quantitative estimate of drug-likeness (QED) is 0.175. The Hall–Kier alpha value is -4.54. The van der Waals surface area contributed by atoms with Crippen molar-refractivity contribution >= 4 is 32.5 Å². The highest BCUT2D eigenvalue weighted by atomic mass is 32.2. The standard InChI is InChI=1S/C34H35N5O4S/c1-42-33-23-31-32(22-30(33)26-11-7-12-28(21-26)43-24-25-9-3-2-4-10-25)37-38-34(36-31)35-27-13-15-29(16-14-27)44(40,41)20-8-19-39-17-5-6-18-39/h2-4,7,9-16,21-23H,5-6,8,17-20,24H2,1H3,(H,35,36,38). The van der Waals surface area contributed by atoms with Gasteiger partial charge in [0.1, 0.15) is 23.6 Å². The SMILES string of the molecule is COc1cc2nc(Nc3ccc(S(=O)(=O)CCCN4CCCC4)cc3)nnc2cc1-c1cccc(OCc2ccccc2)c1. The molecule has 6 rings (SSSR count). The van der Waals surface area contributed by atoms with Crippen LogP contribution in [0.25, 0.3) is 22.2 Å². The van der Waals surface area contributed by atoms with E-state index in [0.29, 0.717) is 46.3 Å². The minimum atomic E-state index is -3.34. The summed E-state index contributed by atoms with van der Waals surface area (Å²) >= 11 is 0. The summed E-state index contributed by atoms with van der Waals surface area (Å²) in [6, 6.07) is 28.3. The molecule has 2 heterocycles. The van der Waals surface area contributed by atoms with Gasteiger partial charge in [0.25, 0.3) is 0 Å². The van der Waals surface area contributed by atoms with Gasteiger partial charge < -0.3 is 19.7 Å². The molecule has 1 aliphatic rings. The number of nitrogens with zero attached hydrogens (tertiary/aromatic N) is 4. The molecule has 0 radical (unpaired) electrons. The van der Waals surface area contributed by atoms with E-state index in [2.05, 4.69) is 25.4 Å². The van der Waals surface area contributed by atoms with E-state index in [1.54, 1.807) is 31.4 Å². The second-order valence-corrected chi connectivity index (χ2v) is 13.0. The number of ether oxygens (including phenoxy) is 2. The first kappa shape index (κ1) is 29.5. The van der Waals surface area contributed by atoms with Gasteiger partial charge in [0, 0.05) is 17.3 Å². The Morgan fingerprint density at radius 3 is 2.43 bits per heavy atom. The predicted octanol–water partition coefficient (Wildman–Crippen LogP) is 6.28. The molecule has 0 atom stereocenters. The van der Waals surface area contributed by atoms with E-state index < -0.39 is 9.84 Å². The second kappa shape index (κ2) is 13.4. The van der Waals surface area contributed by atoms with Crippen molar-refractivity contribution in [3.63, 3.8) is 0 Å². The average Bonchev–Trinajstić information content (AvgIpc) is 3.57. The third kappa shape index (κ3) is 7.15. The zero-order valence-electron chi connectivity index (χ0n) is 24.6. The first-order valence-electron chi connectivity index (χ1n) is 14.8. The lowest BCUT2D eigenvalue weighted by molar-refractivity contribution is 0.306. The fourth-order valence-corrected chi connectivity index (χ4v) is 6.68. The van der Waals surface area contributed by atoms with E-state index >= 15 is 0 Å². The number of likely N-dealkylation sites (tertiary alicyclic amines) is 1. The Kier molecular flexibility index (Phi) is 8.99. The number of anilines is 2. The van der Waals surface area contributed by atoms with Crippen molar-refractivity contribution in [2.75, 3.05) is 37.8 Å². The second-order valence-electron chi connectivity index (χ2n) is 10.8. The first-order valence-corrected chi connectivity index (χ1v) is 16.4. The Morgan fingerprint density at radius 1 is 0.864 bits per heavy atom. The number of methoxy groups -OCH3 is 1. The van der Waals surface area contributed by atoms with Crippen molar-refractivity contribution in [1.29, 1.82) is 0 Å². The molecule has 0 unspecified atom stereocenters. The fourth-order valence-electron chi connectivity index (χ4n) is 5.38. The van der Waals surface area contributed by atoms with Crippen molar-refractivity contribution in [1.82, 2.24) is 20.1 Å². The first-order chi connectivity index (χ1) is 21.5. The van der Waals surface area contributed by atoms with Crippen LogP contribution in [0, 0.1) is 0 Å². The number of hydrogen-bond acceptors (Lipinski definition) is 9. The van der Waals surface area contributed by atoms with E-state index in [1.807, 2.05) is 66.7 Å². The van der Waals surface area contributed by atoms with E-state index in [4.69, 9.17) is 9.47 Å². The predicted molar refractivity (Wildman–Crippen MR) is 172 cm³/mol. The van der Waals surface area contributed by atoms with Crippen LogP contribution in [0.15, 0.2) is 95.9 Å². The Bertz CT molecular complexity index is 1830. The van der Waals surface area contributed by atoms with Crippen molar-refractivity contribution < 1.29 is 17.9 Å². The molecule has 1 aromatic heterocycles. The van der Waals surface area contributed by atoms with Crippen molar-refractivity contribution in [2.24, 2.45) is 0 Å². The van der Waals surface area contributed by atoms with Crippen LogP contribution in [0.5, 0.6) is 11.5 Å². The Balaban J connectivity index is 1.14. The summed E-state index contributed by atoms with van der Waals surface area (Å²) < 4.78 is 37.4. The molecule has 44 heavy (non-hydrogen) atoms.